The normalized spacial score (nSPS) is 11.5. The van der Waals surface area contributed by atoms with Crippen LogP contribution in [0.1, 0.15) is 5.56 Å². The molecule has 2 amide bonds. The van der Waals surface area contributed by atoms with Crippen molar-refractivity contribution in [1.82, 2.24) is 19.7 Å². The summed E-state index contributed by atoms with van der Waals surface area (Å²) in [6.45, 7) is 0. The number of anilines is 2. The van der Waals surface area contributed by atoms with Gasteiger partial charge in [-0.3, -0.25) is 9.59 Å². The Hall–Kier alpha value is -3.10. The van der Waals surface area contributed by atoms with Crippen LogP contribution in [-0.2, 0) is 22.8 Å². The average Bonchev–Trinajstić information content (AvgIpc) is 3.41. The highest BCUT2D eigenvalue weighted by atomic mass is 32.2. The van der Waals surface area contributed by atoms with E-state index in [1.807, 2.05) is 0 Å². The molecule has 8 nitrogen and oxygen atoms in total. The van der Waals surface area contributed by atoms with Crippen molar-refractivity contribution in [3.63, 3.8) is 0 Å². The lowest BCUT2D eigenvalue weighted by atomic mass is 10.1. The molecule has 0 aliphatic heterocycles. The lowest BCUT2D eigenvalue weighted by Gasteiger charge is -2.13. The van der Waals surface area contributed by atoms with E-state index < -0.39 is 17.6 Å². The number of para-hydroxylation sites is 1. The van der Waals surface area contributed by atoms with Crippen LogP contribution in [0.5, 0.6) is 0 Å². The first-order chi connectivity index (χ1) is 16.7. The van der Waals surface area contributed by atoms with E-state index in [-0.39, 0.29) is 23.1 Å². The number of hydrogen-bond acceptors (Lipinski definition) is 8. The van der Waals surface area contributed by atoms with E-state index in [0.29, 0.717) is 20.7 Å². The number of amides is 2. The molecule has 4 aromatic rings. The van der Waals surface area contributed by atoms with Gasteiger partial charge in [-0.15, -0.1) is 21.5 Å². The standard InChI is InChI=1S/C21H17F3N6O2S3/c1-30-11-25-29-19(30)33-9-17(31)26-12-6-7-15-16(8-12)35-20(28-15)34-10-18(32)27-14-5-3-2-4-13(14)21(22,23)24/h2-8,11H,9-10H2,1H3,(H,26,31)(H,27,32). The fourth-order valence-corrected chi connectivity index (χ4v) is 5.52. The number of thioether (sulfide) groups is 2. The van der Waals surface area contributed by atoms with Gasteiger partial charge >= 0.3 is 6.18 Å². The number of fused-ring (bicyclic) bond motifs is 1. The third-order valence-corrected chi connectivity index (χ3v) is 7.68. The van der Waals surface area contributed by atoms with E-state index in [9.17, 15) is 22.8 Å². The number of aromatic nitrogens is 4. The van der Waals surface area contributed by atoms with Crippen molar-refractivity contribution in [3.05, 3.63) is 54.4 Å². The molecule has 0 saturated carbocycles. The number of rotatable bonds is 8. The largest absolute Gasteiger partial charge is 0.418 e. The van der Waals surface area contributed by atoms with E-state index in [2.05, 4.69) is 25.8 Å². The van der Waals surface area contributed by atoms with Crippen molar-refractivity contribution in [2.75, 3.05) is 22.1 Å². The van der Waals surface area contributed by atoms with Gasteiger partial charge in [-0.1, -0.05) is 35.7 Å². The van der Waals surface area contributed by atoms with Crippen LogP contribution in [-0.4, -0.2) is 43.1 Å². The molecule has 0 aliphatic rings. The molecule has 0 unspecified atom stereocenters. The lowest BCUT2D eigenvalue weighted by Crippen LogP contribution is -2.18. The first-order valence-corrected chi connectivity index (χ1v) is 12.7. The molecule has 2 aromatic heterocycles. The summed E-state index contributed by atoms with van der Waals surface area (Å²) < 4.78 is 42.4. The van der Waals surface area contributed by atoms with E-state index in [1.54, 1.807) is 36.1 Å². The predicted molar refractivity (Wildman–Crippen MR) is 131 cm³/mol. The van der Waals surface area contributed by atoms with Crippen molar-refractivity contribution >= 4 is 68.3 Å². The summed E-state index contributed by atoms with van der Waals surface area (Å²) in [4.78, 5) is 28.9. The Morgan fingerprint density at radius 1 is 1.06 bits per heavy atom. The zero-order valence-electron chi connectivity index (χ0n) is 18.0. The Kier molecular flexibility index (Phi) is 7.62. The summed E-state index contributed by atoms with van der Waals surface area (Å²) in [7, 11) is 1.79. The Labute approximate surface area is 209 Å². The monoisotopic (exact) mass is 538 g/mol. The molecule has 0 aliphatic carbocycles. The van der Waals surface area contributed by atoms with Crippen LogP contribution >= 0.6 is 34.9 Å². The molecule has 0 spiro atoms. The third kappa shape index (κ3) is 6.52. The summed E-state index contributed by atoms with van der Waals surface area (Å²) in [6, 6.07) is 10.1. The van der Waals surface area contributed by atoms with Gasteiger partial charge < -0.3 is 15.2 Å². The number of nitrogens with zero attached hydrogens (tertiary/aromatic N) is 4. The highest BCUT2D eigenvalue weighted by Crippen LogP contribution is 2.35. The van der Waals surface area contributed by atoms with Gasteiger partial charge in [0.2, 0.25) is 11.8 Å². The van der Waals surface area contributed by atoms with Gasteiger partial charge in [0.05, 0.1) is 33.0 Å². The molecule has 14 heteroatoms. The van der Waals surface area contributed by atoms with Crippen molar-refractivity contribution in [1.29, 1.82) is 0 Å². The number of carbonyl (C=O) groups is 2. The molecular formula is C21H17F3N6O2S3. The van der Waals surface area contributed by atoms with Gasteiger partial charge in [-0.05, 0) is 30.3 Å². The number of alkyl halides is 3. The highest BCUT2D eigenvalue weighted by Gasteiger charge is 2.33. The van der Waals surface area contributed by atoms with Crippen LogP contribution in [0.25, 0.3) is 10.2 Å². The summed E-state index contributed by atoms with van der Waals surface area (Å²) >= 11 is 3.71. The molecule has 2 aromatic carbocycles. The van der Waals surface area contributed by atoms with E-state index in [4.69, 9.17) is 0 Å². The Bertz CT molecular complexity index is 1370. The lowest BCUT2D eigenvalue weighted by molar-refractivity contribution is -0.137. The SMILES string of the molecule is Cn1cnnc1SCC(=O)Nc1ccc2nc(SCC(=O)Nc3ccccc3C(F)(F)F)sc2c1. The van der Waals surface area contributed by atoms with Crippen molar-refractivity contribution in [2.24, 2.45) is 7.05 Å². The average molecular weight is 539 g/mol. The number of hydrogen-bond donors (Lipinski definition) is 2. The van der Waals surface area contributed by atoms with Gasteiger partial charge in [0.25, 0.3) is 0 Å². The van der Waals surface area contributed by atoms with E-state index >= 15 is 0 Å². The Morgan fingerprint density at radius 3 is 2.54 bits per heavy atom. The van der Waals surface area contributed by atoms with Gasteiger partial charge in [-0.2, -0.15) is 13.2 Å². The maximum atomic E-state index is 13.1. The number of halogens is 3. The molecule has 2 heterocycles. The van der Waals surface area contributed by atoms with Crippen molar-refractivity contribution < 1.29 is 22.8 Å². The maximum Gasteiger partial charge on any atom is 0.418 e. The Morgan fingerprint density at radius 2 is 1.80 bits per heavy atom. The first kappa shape index (κ1) is 25.0. The van der Waals surface area contributed by atoms with Crippen LogP contribution in [0.4, 0.5) is 24.5 Å². The maximum absolute atomic E-state index is 13.1. The summed E-state index contributed by atoms with van der Waals surface area (Å²) in [5.41, 5.74) is 0.102. The van der Waals surface area contributed by atoms with Crippen LogP contribution in [0.2, 0.25) is 0 Å². The zero-order valence-corrected chi connectivity index (χ0v) is 20.4. The second kappa shape index (κ2) is 10.7. The molecule has 4 rings (SSSR count). The van der Waals surface area contributed by atoms with E-state index in [1.165, 1.54) is 41.3 Å². The zero-order chi connectivity index (χ0) is 25.0. The van der Waals surface area contributed by atoms with Gasteiger partial charge in [0, 0.05) is 12.7 Å². The first-order valence-electron chi connectivity index (χ1n) is 9.95. The summed E-state index contributed by atoms with van der Waals surface area (Å²) in [5, 5.41) is 13.4. The molecule has 182 valence electrons. The van der Waals surface area contributed by atoms with Crippen LogP contribution in [0.15, 0.2) is 58.3 Å². The molecule has 0 saturated heterocycles. The van der Waals surface area contributed by atoms with Gasteiger partial charge in [0.15, 0.2) is 9.50 Å². The fourth-order valence-electron chi connectivity index (χ4n) is 2.93. The van der Waals surface area contributed by atoms with E-state index in [0.717, 1.165) is 22.5 Å². The van der Waals surface area contributed by atoms with Crippen LogP contribution < -0.4 is 10.6 Å². The molecule has 0 bridgehead atoms. The van der Waals surface area contributed by atoms with Gasteiger partial charge in [-0.25, -0.2) is 4.98 Å². The number of thiazole rings is 1. The fraction of sp³-hybridized carbons (Fsp3) is 0.190. The van der Waals surface area contributed by atoms with Crippen molar-refractivity contribution in [3.8, 4) is 0 Å². The minimum absolute atomic E-state index is 0.102. The molecular weight excluding hydrogens is 521 g/mol. The summed E-state index contributed by atoms with van der Waals surface area (Å²) in [5.74, 6) is -0.706. The number of nitrogens with one attached hydrogen (secondary N) is 2. The van der Waals surface area contributed by atoms with Crippen molar-refractivity contribution in [2.45, 2.75) is 15.7 Å². The van der Waals surface area contributed by atoms with Crippen LogP contribution in [0, 0.1) is 0 Å². The molecule has 35 heavy (non-hydrogen) atoms. The Balaban J connectivity index is 1.33. The molecule has 0 atom stereocenters. The second-order valence-electron chi connectivity index (χ2n) is 7.10. The molecule has 2 N–H and O–H groups in total. The van der Waals surface area contributed by atoms with Gasteiger partial charge in [0.1, 0.15) is 6.33 Å². The minimum atomic E-state index is -4.56. The minimum Gasteiger partial charge on any atom is -0.325 e. The number of benzene rings is 2. The smallest absolute Gasteiger partial charge is 0.325 e. The second-order valence-corrected chi connectivity index (χ2v) is 10.3. The topological polar surface area (TPSA) is 102 Å². The number of carbonyl (C=O) groups excluding carboxylic acids is 2. The quantitative estimate of drug-likeness (QED) is 0.308. The highest BCUT2D eigenvalue weighted by molar-refractivity contribution is 8.01. The molecule has 0 fully saturated rings. The molecule has 0 radical (unpaired) electrons. The number of aryl methyl sites for hydroxylation is 1. The summed E-state index contributed by atoms with van der Waals surface area (Å²) in [6.07, 6.45) is -3.01. The third-order valence-electron chi connectivity index (χ3n) is 4.49. The predicted octanol–water partition coefficient (Wildman–Crippen LogP) is 4.91. The van der Waals surface area contributed by atoms with Crippen LogP contribution in [0.3, 0.4) is 0 Å².